The Balaban J connectivity index is 1.36. The summed E-state index contributed by atoms with van der Waals surface area (Å²) in [4.78, 5) is 41.6. The number of carbonyl (C=O) groups excluding carboxylic acids is 2. The average molecular weight is 883 g/mol. The van der Waals surface area contributed by atoms with Gasteiger partial charge in [0.25, 0.3) is 11.8 Å². The van der Waals surface area contributed by atoms with E-state index in [1.165, 1.54) is 72.3 Å². The molecule has 4 nitrogen and oxygen atoms in total. The molecule has 0 saturated carbocycles. The number of thiophene rings is 4. The van der Waals surface area contributed by atoms with E-state index in [0.29, 0.717) is 30.2 Å². The molecule has 4 aromatic rings. The number of unbranched alkanes of at least 4 members (excludes halogenated alkanes) is 6. The van der Waals surface area contributed by atoms with E-state index in [1.807, 2.05) is 43.8 Å². The highest BCUT2D eigenvalue weighted by Gasteiger charge is 2.52. The third kappa shape index (κ3) is 9.77. The van der Waals surface area contributed by atoms with Gasteiger partial charge in [0.1, 0.15) is 0 Å². The zero-order valence-electron chi connectivity index (χ0n) is 38.2. The summed E-state index contributed by atoms with van der Waals surface area (Å²) in [6.45, 7) is 23.4. The van der Waals surface area contributed by atoms with Crippen molar-refractivity contribution >= 4 is 72.3 Å². The van der Waals surface area contributed by atoms with Crippen LogP contribution in [0.3, 0.4) is 0 Å². The maximum absolute atomic E-state index is 15.1. The number of amides is 2. The fourth-order valence-corrected chi connectivity index (χ4v) is 14.2. The quantitative estimate of drug-likeness (QED) is 0.0550. The van der Waals surface area contributed by atoms with Gasteiger partial charge in [-0.3, -0.25) is 9.59 Å². The predicted molar refractivity (Wildman–Crippen MR) is 265 cm³/mol. The second-order valence-corrected chi connectivity index (χ2v) is 22.6. The molecule has 0 spiro atoms. The molecular formula is C52H70N2O2S4. The van der Waals surface area contributed by atoms with Crippen LogP contribution in [0.2, 0.25) is 0 Å². The lowest BCUT2D eigenvalue weighted by molar-refractivity contribution is -0.125. The van der Waals surface area contributed by atoms with E-state index in [-0.39, 0.29) is 23.1 Å². The Hall–Kier alpha value is -3.04. The molecular weight excluding hydrogens is 813 g/mol. The summed E-state index contributed by atoms with van der Waals surface area (Å²) in [5.41, 5.74) is 2.66. The second-order valence-electron chi connectivity index (χ2n) is 18.3. The van der Waals surface area contributed by atoms with Gasteiger partial charge in [-0.25, -0.2) is 0 Å². The molecule has 3 atom stereocenters. The van der Waals surface area contributed by atoms with E-state index in [1.54, 1.807) is 11.3 Å². The standard InChI is InChI=1S/C52H70N2O2S4/c1-11-16-18-19-20-21-22-36(8)34-54-48(52(10,29-15-5)30-17-12-2)46-45(49(54)55)47(53(50(46)56)33-35(6)7)39-24-23-37(57-39)40-31-42-43(58-40)32-41(59-42)38-25-26-44(60-38)51(9,27-13-3)28-14-4/h13,15,23-27,29,31-32,35-36H,11-12,14,16-22,28,30,33-34H2,1-10H3/b27-13-,29-15-. The Morgan fingerprint density at radius 1 is 0.600 bits per heavy atom. The molecule has 324 valence electrons. The number of hydrogen-bond donors (Lipinski definition) is 0. The topological polar surface area (TPSA) is 40.6 Å². The summed E-state index contributed by atoms with van der Waals surface area (Å²) >= 11 is 7.37. The zero-order valence-corrected chi connectivity index (χ0v) is 41.4. The van der Waals surface area contributed by atoms with Crippen molar-refractivity contribution in [2.75, 3.05) is 13.1 Å². The Labute approximate surface area is 378 Å². The molecule has 0 radical (unpaired) electrons. The lowest BCUT2D eigenvalue weighted by Crippen LogP contribution is -2.38. The minimum atomic E-state index is -0.430. The highest BCUT2D eigenvalue weighted by Crippen LogP contribution is 2.53. The Bertz CT molecular complexity index is 2210. The Morgan fingerprint density at radius 3 is 1.82 bits per heavy atom. The van der Waals surface area contributed by atoms with Crippen LogP contribution in [-0.4, -0.2) is 34.7 Å². The molecule has 6 heterocycles. The normalized spacial score (nSPS) is 17.5. The van der Waals surface area contributed by atoms with Gasteiger partial charge in [0.2, 0.25) is 0 Å². The molecule has 8 heteroatoms. The van der Waals surface area contributed by atoms with E-state index in [2.05, 4.69) is 130 Å². The first-order chi connectivity index (χ1) is 28.8. The van der Waals surface area contributed by atoms with Crippen LogP contribution in [0.5, 0.6) is 0 Å². The predicted octanol–water partition coefficient (Wildman–Crippen LogP) is 16.5. The zero-order chi connectivity index (χ0) is 43.2. The van der Waals surface area contributed by atoms with Gasteiger partial charge in [-0.05, 0) is 81.3 Å². The molecule has 0 bridgehead atoms. The molecule has 0 N–H and O–H groups in total. The first kappa shape index (κ1) is 46.5. The van der Waals surface area contributed by atoms with Crippen molar-refractivity contribution in [1.82, 2.24) is 9.80 Å². The maximum Gasteiger partial charge on any atom is 0.261 e. The minimum absolute atomic E-state index is 0.00747. The Morgan fingerprint density at radius 2 is 1.18 bits per heavy atom. The minimum Gasteiger partial charge on any atom is -0.310 e. The monoisotopic (exact) mass is 882 g/mol. The molecule has 4 aromatic heterocycles. The van der Waals surface area contributed by atoms with E-state index < -0.39 is 5.41 Å². The summed E-state index contributed by atoms with van der Waals surface area (Å²) in [6, 6.07) is 13.7. The fraction of sp³-hybridized carbons (Fsp3) is 0.538. The van der Waals surface area contributed by atoms with Crippen LogP contribution < -0.4 is 0 Å². The van der Waals surface area contributed by atoms with Crippen LogP contribution in [0, 0.1) is 17.3 Å². The van der Waals surface area contributed by atoms with Crippen molar-refractivity contribution in [2.45, 2.75) is 152 Å². The molecule has 0 aliphatic carbocycles. The van der Waals surface area contributed by atoms with Crippen molar-refractivity contribution < 1.29 is 9.59 Å². The van der Waals surface area contributed by atoms with Gasteiger partial charge in [-0.2, -0.15) is 0 Å². The maximum atomic E-state index is 15.1. The molecule has 2 aliphatic rings. The molecule has 2 amide bonds. The number of nitrogens with zero attached hydrogens (tertiary/aromatic N) is 2. The molecule has 6 rings (SSSR count). The van der Waals surface area contributed by atoms with Gasteiger partial charge in [0.05, 0.1) is 21.7 Å². The van der Waals surface area contributed by atoms with Crippen LogP contribution in [0.1, 0.15) is 156 Å². The van der Waals surface area contributed by atoms with E-state index >= 15 is 4.79 Å². The summed E-state index contributed by atoms with van der Waals surface area (Å²) in [5.74, 6) is 0.586. The number of carbonyl (C=O) groups is 2. The lowest BCUT2D eigenvalue weighted by atomic mass is 9.78. The van der Waals surface area contributed by atoms with Crippen LogP contribution in [-0.2, 0) is 15.0 Å². The third-order valence-corrected chi connectivity index (χ3v) is 17.5. The van der Waals surface area contributed by atoms with Crippen molar-refractivity contribution in [3.05, 3.63) is 87.3 Å². The molecule has 3 unspecified atom stereocenters. The molecule has 2 aliphatic heterocycles. The van der Waals surface area contributed by atoms with Gasteiger partial charge >= 0.3 is 0 Å². The molecule has 0 saturated heterocycles. The second kappa shape index (κ2) is 20.4. The van der Waals surface area contributed by atoms with Crippen molar-refractivity contribution in [2.24, 2.45) is 17.3 Å². The van der Waals surface area contributed by atoms with Crippen molar-refractivity contribution in [3.8, 4) is 19.5 Å². The molecule has 0 fully saturated rings. The first-order valence-corrected chi connectivity index (χ1v) is 26.2. The lowest BCUT2D eigenvalue weighted by Gasteiger charge is -2.36. The Kier molecular flexibility index (Phi) is 15.8. The van der Waals surface area contributed by atoms with Gasteiger partial charge in [-0.1, -0.05) is 137 Å². The van der Waals surface area contributed by atoms with Crippen LogP contribution in [0.25, 0.3) is 34.6 Å². The average Bonchev–Trinajstić information content (AvgIpc) is 4.06. The van der Waals surface area contributed by atoms with E-state index in [0.717, 1.165) is 54.8 Å². The van der Waals surface area contributed by atoms with Gasteiger partial charge in [-0.15, -0.1) is 45.3 Å². The molecule has 60 heavy (non-hydrogen) atoms. The highest BCUT2D eigenvalue weighted by atomic mass is 32.1. The van der Waals surface area contributed by atoms with Crippen molar-refractivity contribution in [1.29, 1.82) is 0 Å². The summed E-state index contributed by atoms with van der Waals surface area (Å²) in [7, 11) is 0. The summed E-state index contributed by atoms with van der Waals surface area (Å²) < 4.78 is 2.61. The largest absolute Gasteiger partial charge is 0.310 e. The van der Waals surface area contributed by atoms with Gasteiger partial charge < -0.3 is 9.80 Å². The SMILES string of the molecule is C/C=C\C(C)(CCCC)C1=C2C(=O)N(CC(C)C)C(c3ccc(-c4cc5sc(-c6ccc(C(C)(/C=C\C)CCC)s6)cc5s4)s3)=C2C(=O)N1CC(C)CCCCCCCC. The fourth-order valence-electron chi connectivity index (χ4n) is 9.46. The number of fused-ring (bicyclic) bond motifs is 2. The summed E-state index contributed by atoms with van der Waals surface area (Å²) in [6.07, 6.45) is 22.9. The van der Waals surface area contributed by atoms with Crippen LogP contribution in [0.15, 0.2) is 77.5 Å². The smallest absolute Gasteiger partial charge is 0.261 e. The van der Waals surface area contributed by atoms with Crippen LogP contribution in [0.4, 0.5) is 0 Å². The number of hydrogen-bond acceptors (Lipinski definition) is 6. The highest BCUT2D eigenvalue weighted by molar-refractivity contribution is 7.33. The van der Waals surface area contributed by atoms with E-state index in [4.69, 9.17) is 0 Å². The van der Waals surface area contributed by atoms with Crippen LogP contribution >= 0.6 is 45.3 Å². The number of allylic oxidation sites excluding steroid dienone is 4. The molecule has 0 aromatic carbocycles. The number of rotatable bonds is 23. The van der Waals surface area contributed by atoms with Crippen molar-refractivity contribution in [3.63, 3.8) is 0 Å². The first-order valence-electron chi connectivity index (χ1n) is 23.0. The van der Waals surface area contributed by atoms with E-state index in [9.17, 15) is 4.79 Å². The van der Waals surface area contributed by atoms with Gasteiger partial charge in [0.15, 0.2) is 0 Å². The van der Waals surface area contributed by atoms with Gasteiger partial charge in [0, 0.05) is 63.4 Å². The summed E-state index contributed by atoms with van der Waals surface area (Å²) in [5, 5.41) is 0. The third-order valence-electron chi connectivity index (χ3n) is 12.4.